The maximum atomic E-state index is 11.6. The molecule has 15 heavy (non-hydrogen) atoms. The van der Waals surface area contributed by atoms with Crippen LogP contribution in [0.25, 0.3) is 0 Å². The fraction of sp³-hybridized carbons (Fsp3) is 0.300. The molecule has 0 aromatic heterocycles. The Balaban J connectivity index is 3.19. The molecule has 0 fully saturated rings. The van der Waals surface area contributed by atoms with Crippen molar-refractivity contribution in [3.63, 3.8) is 0 Å². The number of carbonyl (C=O) groups is 1. The largest absolute Gasteiger partial charge is 0.293 e. The second-order valence-electron chi connectivity index (χ2n) is 3.24. The predicted molar refractivity (Wildman–Crippen MR) is 60.6 cm³/mol. The van der Waals surface area contributed by atoms with E-state index >= 15 is 0 Å². The fourth-order valence-electron chi connectivity index (χ4n) is 1.19. The average molecular weight is 272 g/mol. The molecular weight excluding hydrogens is 262 g/mol. The Morgan fingerprint density at radius 2 is 2.13 bits per heavy atom. The van der Waals surface area contributed by atoms with Crippen LogP contribution in [0.5, 0.6) is 0 Å². The monoisotopic (exact) mass is 271 g/mol. The lowest BCUT2D eigenvalue weighted by Gasteiger charge is -2.03. The van der Waals surface area contributed by atoms with Crippen molar-refractivity contribution in [2.45, 2.75) is 18.7 Å². The van der Waals surface area contributed by atoms with E-state index in [1.54, 1.807) is 26.0 Å². The smallest absolute Gasteiger partial charge is 0.273 e. The third kappa shape index (κ3) is 2.62. The molecule has 0 aliphatic heterocycles. The predicted octanol–water partition coefficient (Wildman–Crippen LogP) is 2.87. The molecule has 1 rings (SSSR count). The summed E-state index contributed by atoms with van der Waals surface area (Å²) in [6.07, 6.45) is 0. The van der Waals surface area contributed by atoms with Crippen LogP contribution >= 0.6 is 15.9 Å². The number of hydrogen-bond donors (Lipinski definition) is 0. The van der Waals surface area contributed by atoms with Crippen LogP contribution < -0.4 is 0 Å². The van der Waals surface area contributed by atoms with Gasteiger partial charge < -0.3 is 0 Å². The zero-order valence-corrected chi connectivity index (χ0v) is 9.95. The molecule has 1 aromatic carbocycles. The summed E-state index contributed by atoms with van der Waals surface area (Å²) in [5.74, 6) is -0.155. The van der Waals surface area contributed by atoms with E-state index < -0.39 is 4.92 Å². The van der Waals surface area contributed by atoms with Crippen LogP contribution in [0, 0.1) is 17.0 Å². The Hall–Kier alpha value is -1.23. The summed E-state index contributed by atoms with van der Waals surface area (Å²) < 4.78 is 0. The van der Waals surface area contributed by atoms with Crippen LogP contribution in [-0.2, 0) is 0 Å². The summed E-state index contributed by atoms with van der Waals surface area (Å²) in [4.78, 5) is 21.4. The lowest BCUT2D eigenvalue weighted by Crippen LogP contribution is -2.10. The number of carbonyl (C=O) groups excluding carboxylic acids is 1. The summed E-state index contributed by atoms with van der Waals surface area (Å²) in [7, 11) is 0. The van der Waals surface area contributed by atoms with Crippen LogP contribution in [0.15, 0.2) is 18.2 Å². The Morgan fingerprint density at radius 3 is 2.60 bits per heavy atom. The van der Waals surface area contributed by atoms with Crippen molar-refractivity contribution >= 4 is 27.4 Å². The van der Waals surface area contributed by atoms with Gasteiger partial charge in [0.15, 0.2) is 5.78 Å². The topological polar surface area (TPSA) is 60.2 Å². The van der Waals surface area contributed by atoms with Gasteiger partial charge in [0.2, 0.25) is 0 Å². The molecule has 1 unspecified atom stereocenters. The molecular formula is C10H10BrNO3. The van der Waals surface area contributed by atoms with E-state index in [9.17, 15) is 14.9 Å². The van der Waals surface area contributed by atoms with Crippen molar-refractivity contribution in [1.29, 1.82) is 0 Å². The van der Waals surface area contributed by atoms with Gasteiger partial charge >= 0.3 is 0 Å². The highest BCUT2D eigenvalue weighted by molar-refractivity contribution is 9.10. The van der Waals surface area contributed by atoms with Crippen LogP contribution in [0.1, 0.15) is 22.8 Å². The van der Waals surface area contributed by atoms with Gasteiger partial charge in [-0.2, -0.15) is 0 Å². The van der Waals surface area contributed by atoms with Crippen molar-refractivity contribution in [1.82, 2.24) is 0 Å². The lowest BCUT2D eigenvalue weighted by molar-refractivity contribution is -0.385. The summed E-state index contributed by atoms with van der Waals surface area (Å²) in [5, 5.41) is 10.6. The Bertz CT molecular complexity index is 415. The van der Waals surface area contributed by atoms with Crippen molar-refractivity contribution in [3.8, 4) is 0 Å². The van der Waals surface area contributed by atoms with Crippen LogP contribution in [0.3, 0.4) is 0 Å². The standard InChI is InChI=1S/C10H10BrNO3/c1-6-3-4-8(10(13)7(2)11)5-9(6)12(14)15/h3-5,7H,1-2H3. The number of Topliss-reactive ketones (excluding diaryl/α,β-unsaturated/α-hetero) is 1. The van der Waals surface area contributed by atoms with E-state index in [1.807, 2.05) is 0 Å². The minimum atomic E-state index is -0.481. The SMILES string of the molecule is Cc1ccc(C(=O)C(C)Br)cc1[N+](=O)[O-]. The van der Waals surface area contributed by atoms with Gasteiger partial charge in [0.05, 0.1) is 9.75 Å². The summed E-state index contributed by atoms with van der Waals surface area (Å²) in [6, 6.07) is 4.50. The van der Waals surface area contributed by atoms with Gasteiger partial charge in [-0.05, 0) is 13.8 Å². The van der Waals surface area contributed by atoms with Crippen molar-refractivity contribution in [2.24, 2.45) is 0 Å². The van der Waals surface area contributed by atoms with Gasteiger partial charge in [-0.15, -0.1) is 0 Å². The Labute approximate surface area is 95.6 Å². The number of ketones is 1. The third-order valence-electron chi connectivity index (χ3n) is 2.05. The number of halogens is 1. The fourth-order valence-corrected chi connectivity index (χ4v) is 1.45. The average Bonchev–Trinajstić information content (AvgIpc) is 2.16. The minimum Gasteiger partial charge on any atom is -0.293 e. The van der Waals surface area contributed by atoms with E-state index in [2.05, 4.69) is 15.9 Å². The molecule has 0 aliphatic rings. The maximum absolute atomic E-state index is 11.6. The van der Waals surface area contributed by atoms with E-state index in [4.69, 9.17) is 0 Å². The zero-order chi connectivity index (χ0) is 11.6. The Kier molecular flexibility index (Phi) is 3.57. The van der Waals surface area contributed by atoms with Gasteiger partial charge in [0.25, 0.3) is 5.69 Å². The second kappa shape index (κ2) is 4.53. The highest BCUT2D eigenvalue weighted by Gasteiger charge is 2.17. The highest BCUT2D eigenvalue weighted by atomic mass is 79.9. The molecule has 1 atom stereocenters. The minimum absolute atomic E-state index is 0.0194. The van der Waals surface area contributed by atoms with E-state index in [1.165, 1.54) is 6.07 Å². The van der Waals surface area contributed by atoms with Crippen molar-refractivity contribution in [2.75, 3.05) is 0 Å². The highest BCUT2D eigenvalue weighted by Crippen LogP contribution is 2.21. The molecule has 1 aromatic rings. The number of aryl methyl sites for hydroxylation is 1. The first-order valence-electron chi connectivity index (χ1n) is 4.37. The van der Waals surface area contributed by atoms with Gasteiger partial charge in [0, 0.05) is 17.2 Å². The quantitative estimate of drug-likeness (QED) is 0.368. The zero-order valence-electron chi connectivity index (χ0n) is 8.36. The molecule has 0 N–H and O–H groups in total. The number of alkyl halides is 1. The van der Waals surface area contributed by atoms with Crippen molar-refractivity contribution < 1.29 is 9.72 Å². The van der Waals surface area contributed by atoms with Gasteiger partial charge in [0.1, 0.15) is 0 Å². The molecule has 0 amide bonds. The third-order valence-corrected chi connectivity index (χ3v) is 2.47. The van der Waals surface area contributed by atoms with Crippen LogP contribution in [0.2, 0.25) is 0 Å². The molecule has 0 spiro atoms. The summed E-state index contributed by atoms with van der Waals surface area (Å²) >= 11 is 3.14. The molecule has 0 saturated heterocycles. The summed E-state index contributed by atoms with van der Waals surface area (Å²) in [6.45, 7) is 3.33. The van der Waals surface area contributed by atoms with Crippen molar-refractivity contribution in [3.05, 3.63) is 39.4 Å². The maximum Gasteiger partial charge on any atom is 0.273 e. The number of nitro benzene ring substituents is 1. The number of nitro groups is 1. The molecule has 0 aliphatic carbocycles. The molecule has 4 nitrogen and oxygen atoms in total. The molecule has 0 radical (unpaired) electrons. The molecule has 0 saturated carbocycles. The van der Waals surface area contributed by atoms with E-state index in [0.29, 0.717) is 11.1 Å². The van der Waals surface area contributed by atoms with Gasteiger partial charge in [-0.25, -0.2) is 0 Å². The number of rotatable bonds is 3. The number of hydrogen-bond acceptors (Lipinski definition) is 3. The van der Waals surface area contributed by atoms with Crippen LogP contribution in [-0.4, -0.2) is 15.5 Å². The normalized spacial score (nSPS) is 12.2. The molecule has 0 bridgehead atoms. The van der Waals surface area contributed by atoms with E-state index in [-0.39, 0.29) is 16.3 Å². The lowest BCUT2D eigenvalue weighted by atomic mass is 10.1. The second-order valence-corrected chi connectivity index (χ2v) is 4.61. The first-order valence-corrected chi connectivity index (χ1v) is 5.28. The van der Waals surface area contributed by atoms with Crippen LogP contribution in [0.4, 0.5) is 5.69 Å². The molecule has 0 heterocycles. The van der Waals surface area contributed by atoms with Gasteiger partial charge in [-0.1, -0.05) is 28.1 Å². The Morgan fingerprint density at radius 1 is 1.53 bits per heavy atom. The molecule has 80 valence electrons. The van der Waals surface area contributed by atoms with Gasteiger partial charge in [-0.3, -0.25) is 14.9 Å². The molecule has 5 heteroatoms. The van der Waals surface area contributed by atoms with E-state index in [0.717, 1.165) is 0 Å². The summed E-state index contributed by atoms with van der Waals surface area (Å²) in [5.41, 5.74) is 0.893. The first-order chi connectivity index (χ1) is 6.93. The first kappa shape index (κ1) is 11.8. The number of benzene rings is 1. The number of nitrogens with zero attached hydrogens (tertiary/aromatic N) is 1.